The first kappa shape index (κ1) is 13.7. The van der Waals surface area contributed by atoms with Gasteiger partial charge in [0.05, 0.1) is 0 Å². The van der Waals surface area contributed by atoms with Gasteiger partial charge in [0, 0.05) is 6.21 Å². The fourth-order valence-electron chi connectivity index (χ4n) is 2.21. The number of nitrogens with one attached hydrogen (secondary N) is 1. The molecule has 0 saturated carbocycles. The second-order valence-electron chi connectivity index (χ2n) is 4.83. The molecule has 0 aliphatic heterocycles. The molecule has 3 aromatic rings. The maximum absolute atomic E-state index is 7.22. The second kappa shape index (κ2) is 6.47. The van der Waals surface area contributed by atoms with Crippen LogP contribution in [0.3, 0.4) is 0 Å². The van der Waals surface area contributed by atoms with Crippen molar-refractivity contribution in [2.45, 2.75) is 0 Å². The van der Waals surface area contributed by atoms with Gasteiger partial charge in [0.25, 0.3) is 0 Å². The molecule has 0 spiro atoms. The Morgan fingerprint density at radius 1 is 0.619 bits per heavy atom. The van der Waals surface area contributed by atoms with E-state index in [-0.39, 0.29) is 0 Å². The zero-order valence-electron chi connectivity index (χ0n) is 11.6. The van der Waals surface area contributed by atoms with E-state index in [9.17, 15) is 0 Å². The molecule has 0 aromatic heterocycles. The number of hydrogen-bond acceptors (Lipinski definition) is 1. The molecule has 0 aliphatic carbocycles. The van der Waals surface area contributed by atoms with Gasteiger partial charge in [-0.05, 0) is 27.3 Å². The molecule has 21 heavy (non-hydrogen) atoms. The summed E-state index contributed by atoms with van der Waals surface area (Å²) >= 11 is 0. The Bertz CT molecular complexity index is 716. The first-order valence-electron chi connectivity index (χ1n) is 6.88. The van der Waals surface area contributed by atoms with Gasteiger partial charge < -0.3 is 5.41 Å². The smallest absolute Gasteiger partial charge is 0.0250 e. The van der Waals surface area contributed by atoms with E-state index in [1.54, 1.807) is 0 Å². The van der Waals surface area contributed by atoms with Crippen molar-refractivity contribution in [3.05, 3.63) is 84.4 Å². The van der Waals surface area contributed by atoms with E-state index in [0.29, 0.717) is 8.58 Å². The molecule has 2 heteroatoms. The van der Waals surface area contributed by atoms with Crippen LogP contribution >= 0.6 is 8.58 Å². The van der Waals surface area contributed by atoms with Crippen LogP contribution in [0.15, 0.2) is 78.9 Å². The first-order valence-corrected chi connectivity index (χ1v) is 7.88. The van der Waals surface area contributed by atoms with Crippen LogP contribution in [-0.2, 0) is 0 Å². The Labute approximate surface area is 127 Å². The van der Waals surface area contributed by atoms with Crippen molar-refractivity contribution in [2.75, 3.05) is 0 Å². The summed E-state index contributed by atoms with van der Waals surface area (Å²) < 4.78 is 0. The van der Waals surface area contributed by atoms with Crippen LogP contribution in [0.2, 0.25) is 0 Å². The lowest BCUT2D eigenvalue weighted by molar-refractivity contribution is 1.55. The highest BCUT2D eigenvalue weighted by Crippen LogP contribution is 2.19. The van der Waals surface area contributed by atoms with Crippen molar-refractivity contribution in [1.29, 1.82) is 5.41 Å². The van der Waals surface area contributed by atoms with Gasteiger partial charge in [0.15, 0.2) is 0 Å². The first-order chi connectivity index (χ1) is 10.3. The highest BCUT2D eigenvalue weighted by molar-refractivity contribution is 7.55. The normalized spacial score (nSPS) is 10.9. The molecule has 1 nitrogen and oxygen atoms in total. The van der Waals surface area contributed by atoms with Crippen LogP contribution in [-0.4, -0.2) is 6.21 Å². The molecule has 102 valence electrons. The second-order valence-corrected chi connectivity index (χ2v) is 6.24. The maximum atomic E-state index is 7.22. The van der Waals surface area contributed by atoms with Crippen LogP contribution < -0.4 is 10.6 Å². The molecule has 1 unspecified atom stereocenters. The summed E-state index contributed by atoms with van der Waals surface area (Å²) in [6, 6.07) is 27.4. The van der Waals surface area contributed by atoms with Crippen molar-refractivity contribution >= 4 is 25.4 Å². The van der Waals surface area contributed by atoms with E-state index in [1.165, 1.54) is 28.0 Å². The van der Waals surface area contributed by atoms with Crippen molar-refractivity contribution in [3.63, 3.8) is 0 Å². The van der Waals surface area contributed by atoms with Gasteiger partial charge in [-0.1, -0.05) is 87.4 Å². The van der Waals surface area contributed by atoms with Crippen LogP contribution in [0.5, 0.6) is 0 Å². The Morgan fingerprint density at radius 2 is 1.14 bits per heavy atom. The van der Waals surface area contributed by atoms with Crippen molar-refractivity contribution in [2.24, 2.45) is 0 Å². The van der Waals surface area contributed by atoms with E-state index >= 15 is 0 Å². The van der Waals surface area contributed by atoms with Crippen molar-refractivity contribution in [3.8, 4) is 11.1 Å². The molecule has 0 aliphatic rings. The van der Waals surface area contributed by atoms with E-state index in [1.807, 2.05) is 18.2 Å². The minimum Gasteiger partial charge on any atom is -0.308 e. The van der Waals surface area contributed by atoms with E-state index < -0.39 is 0 Å². The van der Waals surface area contributed by atoms with E-state index in [0.717, 1.165) is 5.56 Å². The summed E-state index contributed by atoms with van der Waals surface area (Å²) in [5.74, 6) is 0. The molecular weight excluding hydrogens is 273 g/mol. The van der Waals surface area contributed by atoms with Crippen molar-refractivity contribution in [1.82, 2.24) is 0 Å². The molecule has 3 rings (SSSR count). The average Bonchev–Trinajstić information content (AvgIpc) is 2.57. The Hall–Kier alpha value is -2.24. The van der Waals surface area contributed by atoms with Crippen LogP contribution in [0.4, 0.5) is 0 Å². The minimum absolute atomic E-state index is 0.653. The lowest BCUT2D eigenvalue weighted by atomic mass is 10.1. The lowest BCUT2D eigenvalue weighted by Gasteiger charge is -2.05. The highest BCUT2D eigenvalue weighted by atomic mass is 31.1. The third-order valence-corrected chi connectivity index (χ3v) is 4.60. The van der Waals surface area contributed by atoms with Gasteiger partial charge in [0.1, 0.15) is 0 Å². The van der Waals surface area contributed by atoms with Crippen molar-refractivity contribution < 1.29 is 0 Å². The summed E-state index contributed by atoms with van der Waals surface area (Å²) in [4.78, 5) is 0. The molecule has 0 bridgehead atoms. The SMILES string of the molecule is N=Cc1ccc(Pc2ccc(-c3ccccc3)cc2)cc1. The number of rotatable bonds is 4. The maximum Gasteiger partial charge on any atom is 0.0250 e. The predicted molar refractivity (Wildman–Crippen MR) is 93.8 cm³/mol. The molecule has 0 fully saturated rings. The van der Waals surface area contributed by atoms with E-state index in [4.69, 9.17) is 5.41 Å². The van der Waals surface area contributed by atoms with Gasteiger partial charge >= 0.3 is 0 Å². The molecular formula is C19H16NP. The van der Waals surface area contributed by atoms with Gasteiger partial charge in [-0.15, -0.1) is 0 Å². The van der Waals surface area contributed by atoms with Crippen LogP contribution in [0, 0.1) is 5.41 Å². The van der Waals surface area contributed by atoms with E-state index in [2.05, 4.69) is 60.7 Å². The molecule has 0 radical (unpaired) electrons. The van der Waals surface area contributed by atoms with Gasteiger partial charge in [-0.3, -0.25) is 0 Å². The highest BCUT2D eigenvalue weighted by Gasteiger charge is 1.99. The summed E-state index contributed by atoms with van der Waals surface area (Å²) in [5, 5.41) is 9.85. The zero-order valence-corrected chi connectivity index (χ0v) is 12.6. The molecule has 0 heterocycles. The zero-order chi connectivity index (χ0) is 14.5. The third-order valence-electron chi connectivity index (χ3n) is 3.36. The quantitative estimate of drug-likeness (QED) is 0.555. The fraction of sp³-hybridized carbons (Fsp3) is 0. The molecule has 3 aromatic carbocycles. The van der Waals surface area contributed by atoms with Gasteiger partial charge in [-0.2, -0.15) is 0 Å². The summed E-state index contributed by atoms with van der Waals surface area (Å²) in [6.45, 7) is 0. The Morgan fingerprint density at radius 3 is 1.71 bits per heavy atom. The van der Waals surface area contributed by atoms with Crippen LogP contribution in [0.1, 0.15) is 5.56 Å². The minimum atomic E-state index is 0.653. The monoisotopic (exact) mass is 289 g/mol. The third kappa shape index (κ3) is 3.45. The number of benzene rings is 3. The standard InChI is InChI=1S/C19H16NP/c20-14-15-6-10-18(11-7-15)21-19-12-8-17(9-13-19)16-4-2-1-3-5-16/h1-14,20-21H. The summed E-state index contributed by atoms with van der Waals surface area (Å²) in [6.07, 6.45) is 1.38. The largest absolute Gasteiger partial charge is 0.308 e. The Balaban J connectivity index is 1.76. The fourth-order valence-corrected chi connectivity index (χ4v) is 3.21. The molecule has 1 atom stereocenters. The molecule has 0 saturated heterocycles. The predicted octanol–water partition coefficient (Wildman–Crippen LogP) is 3.98. The summed E-state index contributed by atoms with van der Waals surface area (Å²) in [7, 11) is 0.653. The average molecular weight is 289 g/mol. The number of hydrogen-bond donors (Lipinski definition) is 1. The van der Waals surface area contributed by atoms with Gasteiger partial charge in [-0.25, -0.2) is 0 Å². The molecule has 0 amide bonds. The molecule has 1 N–H and O–H groups in total. The summed E-state index contributed by atoms with van der Waals surface area (Å²) in [5.41, 5.74) is 3.45. The topological polar surface area (TPSA) is 23.9 Å². The van der Waals surface area contributed by atoms with Gasteiger partial charge in [0.2, 0.25) is 0 Å². The lowest BCUT2D eigenvalue weighted by Crippen LogP contribution is -2.03. The Kier molecular flexibility index (Phi) is 4.23. The van der Waals surface area contributed by atoms with Crippen LogP contribution in [0.25, 0.3) is 11.1 Å².